The van der Waals surface area contributed by atoms with Crippen LogP contribution in [0, 0.1) is 5.92 Å². The predicted molar refractivity (Wildman–Crippen MR) is 85.0 cm³/mol. The van der Waals surface area contributed by atoms with Gasteiger partial charge in [-0.3, -0.25) is 9.78 Å². The molecule has 0 aliphatic carbocycles. The molecule has 1 atom stereocenters. The van der Waals surface area contributed by atoms with E-state index in [4.69, 9.17) is 0 Å². The number of rotatable bonds is 5. The van der Waals surface area contributed by atoms with E-state index in [-0.39, 0.29) is 12.3 Å². The van der Waals surface area contributed by atoms with Crippen LogP contribution in [0.1, 0.15) is 12.0 Å². The van der Waals surface area contributed by atoms with Crippen LogP contribution in [0.15, 0.2) is 36.5 Å². The second kappa shape index (κ2) is 6.23. The fourth-order valence-corrected chi connectivity index (χ4v) is 3.87. The molecule has 3 rings (SSSR count). The SMILES string of the molecule is O=C1CC(CS(=O)(=O)F)CN1CCc1cccc2cccnc12. The van der Waals surface area contributed by atoms with Crippen LogP contribution >= 0.6 is 0 Å². The van der Waals surface area contributed by atoms with Gasteiger partial charge >= 0.3 is 10.2 Å². The number of nitrogens with zero attached hydrogens (tertiary/aromatic N) is 2. The van der Waals surface area contributed by atoms with E-state index in [1.54, 1.807) is 11.1 Å². The smallest absolute Gasteiger partial charge is 0.302 e. The van der Waals surface area contributed by atoms with Crippen LogP contribution in [0.25, 0.3) is 10.9 Å². The molecule has 1 aromatic carbocycles. The molecule has 23 heavy (non-hydrogen) atoms. The van der Waals surface area contributed by atoms with E-state index in [1.807, 2.05) is 30.3 Å². The van der Waals surface area contributed by atoms with E-state index in [0.29, 0.717) is 19.5 Å². The lowest BCUT2D eigenvalue weighted by Crippen LogP contribution is -2.28. The molecule has 0 bridgehead atoms. The molecule has 1 aliphatic heterocycles. The Morgan fingerprint density at radius 3 is 2.83 bits per heavy atom. The van der Waals surface area contributed by atoms with Crippen LogP contribution < -0.4 is 0 Å². The Morgan fingerprint density at radius 2 is 2.04 bits per heavy atom. The van der Waals surface area contributed by atoms with E-state index in [2.05, 4.69) is 4.98 Å². The fourth-order valence-electron chi connectivity index (χ4n) is 3.09. The first kappa shape index (κ1) is 15.9. The molecule has 1 fully saturated rings. The normalized spacial score (nSPS) is 18.7. The van der Waals surface area contributed by atoms with Crippen molar-refractivity contribution in [1.82, 2.24) is 9.88 Å². The first-order valence-corrected chi connectivity index (χ1v) is 9.00. The third-order valence-electron chi connectivity index (χ3n) is 4.10. The minimum absolute atomic E-state index is 0.0942. The van der Waals surface area contributed by atoms with Gasteiger partial charge in [0.2, 0.25) is 5.91 Å². The van der Waals surface area contributed by atoms with E-state index in [9.17, 15) is 17.1 Å². The van der Waals surface area contributed by atoms with E-state index < -0.39 is 21.9 Å². The highest BCUT2D eigenvalue weighted by atomic mass is 32.3. The van der Waals surface area contributed by atoms with Crippen molar-refractivity contribution in [3.05, 3.63) is 42.1 Å². The van der Waals surface area contributed by atoms with Gasteiger partial charge in [-0.25, -0.2) is 0 Å². The Kier molecular flexibility index (Phi) is 4.30. The van der Waals surface area contributed by atoms with Gasteiger partial charge in [0.05, 0.1) is 11.3 Å². The van der Waals surface area contributed by atoms with Crippen molar-refractivity contribution in [2.24, 2.45) is 5.92 Å². The minimum Gasteiger partial charge on any atom is -0.342 e. The predicted octanol–water partition coefficient (Wildman–Crippen LogP) is 1.93. The van der Waals surface area contributed by atoms with Crippen LogP contribution in [-0.2, 0) is 21.4 Å². The molecule has 1 amide bonds. The Balaban J connectivity index is 1.67. The van der Waals surface area contributed by atoms with Crippen molar-refractivity contribution in [3.63, 3.8) is 0 Å². The zero-order chi connectivity index (χ0) is 16.4. The third kappa shape index (κ3) is 3.85. The molecule has 0 N–H and O–H groups in total. The lowest BCUT2D eigenvalue weighted by Gasteiger charge is -2.16. The maximum atomic E-state index is 12.8. The van der Waals surface area contributed by atoms with Gasteiger partial charge in [-0.15, -0.1) is 3.89 Å². The summed E-state index contributed by atoms with van der Waals surface area (Å²) in [6, 6.07) is 9.76. The van der Waals surface area contributed by atoms with Crippen molar-refractivity contribution in [2.45, 2.75) is 12.8 Å². The number of carbonyl (C=O) groups excluding carboxylic acids is 1. The molecule has 5 nitrogen and oxygen atoms in total. The number of hydrogen-bond donors (Lipinski definition) is 0. The van der Waals surface area contributed by atoms with Crippen LogP contribution in [0.3, 0.4) is 0 Å². The van der Waals surface area contributed by atoms with Gasteiger partial charge in [-0.1, -0.05) is 24.3 Å². The Morgan fingerprint density at radius 1 is 1.26 bits per heavy atom. The summed E-state index contributed by atoms with van der Waals surface area (Å²) in [6.07, 6.45) is 2.46. The number of aromatic nitrogens is 1. The Labute approximate surface area is 134 Å². The number of para-hydroxylation sites is 1. The number of amides is 1. The Bertz CT molecular complexity index is 833. The second-order valence-electron chi connectivity index (χ2n) is 5.86. The molecule has 1 unspecified atom stereocenters. The molecule has 7 heteroatoms. The van der Waals surface area contributed by atoms with Crippen LogP contribution in [0.4, 0.5) is 3.89 Å². The highest BCUT2D eigenvalue weighted by molar-refractivity contribution is 7.86. The lowest BCUT2D eigenvalue weighted by molar-refractivity contribution is -0.127. The van der Waals surface area contributed by atoms with Crippen molar-refractivity contribution in [3.8, 4) is 0 Å². The average Bonchev–Trinajstić information content (AvgIpc) is 2.82. The summed E-state index contributed by atoms with van der Waals surface area (Å²) in [5.74, 6) is -1.15. The van der Waals surface area contributed by atoms with Gasteiger partial charge in [0, 0.05) is 37.0 Å². The lowest BCUT2D eigenvalue weighted by atomic mass is 10.1. The molecular formula is C16H17FN2O3S. The fraction of sp³-hybridized carbons (Fsp3) is 0.375. The van der Waals surface area contributed by atoms with Crippen LogP contribution in [0.5, 0.6) is 0 Å². The minimum atomic E-state index is -4.54. The maximum Gasteiger partial charge on any atom is 0.302 e. The summed E-state index contributed by atoms with van der Waals surface area (Å²) in [4.78, 5) is 17.9. The van der Waals surface area contributed by atoms with Gasteiger partial charge in [0.1, 0.15) is 0 Å². The van der Waals surface area contributed by atoms with Crippen molar-refractivity contribution >= 4 is 27.0 Å². The monoisotopic (exact) mass is 336 g/mol. The van der Waals surface area contributed by atoms with Crippen molar-refractivity contribution in [2.75, 3.05) is 18.8 Å². The van der Waals surface area contributed by atoms with Crippen LogP contribution in [-0.4, -0.2) is 43.1 Å². The van der Waals surface area contributed by atoms with Gasteiger partial charge in [-0.2, -0.15) is 8.42 Å². The van der Waals surface area contributed by atoms with E-state index >= 15 is 0 Å². The highest BCUT2D eigenvalue weighted by Crippen LogP contribution is 2.22. The van der Waals surface area contributed by atoms with Gasteiger partial charge in [0.15, 0.2) is 0 Å². The molecule has 122 valence electrons. The summed E-state index contributed by atoms with van der Waals surface area (Å²) in [5.41, 5.74) is 1.95. The zero-order valence-corrected chi connectivity index (χ0v) is 13.3. The van der Waals surface area contributed by atoms with Gasteiger partial charge in [0.25, 0.3) is 0 Å². The molecular weight excluding hydrogens is 319 g/mol. The van der Waals surface area contributed by atoms with Crippen molar-refractivity contribution < 1.29 is 17.1 Å². The highest BCUT2D eigenvalue weighted by Gasteiger charge is 2.32. The van der Waals surface area contributed by atoms with Crippen LogP contribution in [0.2, 0.25) is 0 Å². The van der Waals surface area contributed by atoms with Crippen molar-refractivity contribution in [1.29, 1.82) is 0 Å². The largest absolute Gasteiger partial charge is 0.342 e. The molecule has 0 radical (unpaired) electrons. The van der Waals surface area contributed by atoms with E-state index in [1.165, 1.54) is 0 Å². The first-order valence-electron chi connectivity index (χ1n) is 7.45. The molecule has 0 spiro atoms. The quantitative estimate of drug-likeness (QED) is 0.783. The third-order valence-corrected chi connectivity index (χ3v) is 4.97. The topological polar surface area (TPSA) is 67.3 Å². The second-order valence-corrected chi connectivity index (χ2v) is 7.27. The van der Waals surface area contributed by atoms with Gasteiger partial charge < -0.3 is 4.90 Å². The summed E-state index contributed by atoms with van der Waals surface area (Å²) in [7, 11) is -4.54. The summed E-state index contributed by atoms with van der Waals surface area (Å²) < 4.78 is 34.2. The Hall–Kier alpha value is -2.02. The zero-order valence-electron chi connectivity index (χ0n) is 12.5. The summed E-state index contributed by atoms with van der Waals surface area (Å²) in [5, 5.41) is 1.04. The van der Waals surface area contributed by atoms with E-state index in [0.717, 1.165) is 16.5 Å². The number of likely N-dealkylation sites (tertiary alicyclic amines) is 1. The number of fused-ring (bicyclic) bond motifs is 1. The molecule has 1 aromatic heterocycles. The molecule has 1 saturated heterocycles. The summed E-state index contributed by atoms with van der Waals surface area (Å²) in [6.45, 7) is 0.775. The maximum absolute atomic E-state index is 12.8. The average molecular weight is 336 g/mol. The van der Waals surface area contributed by atoms with Gasteiger partial charge in [-0.05, 0) is 18.1 Å². The molecule has 1 aliphatic rings. The molecule has 2 heterocycles. The number of hydrogen-bond acceptors (Lipinski definition) is 4. The number of carbonyl (C=O) groups is 1. The number of pyridine rings is 1. The number of benzene rings is 1. The summed E-state index contributed by atoms with van der Waals surface area (Å²) >= 11 is 0. The molecule has 2 aromatic rings. The first-order chi connectivity index (χ1) is 10.9. The standard InChI is InChI=1S/C16H17FN2O3S/c17-23(21,22)11-12-9-15(20)19(10-12)8-6-14-4-1-3-13-5-2-7-18-16(13)14/h1-5,7,12H,6,8-11H2. The molecule has 0 saturated carbocycles. The number of halogens is 1.